The van der Waals surface area contributed by atoms with E-state index in [0.29, 0.717) is 6.10 Å². The molecule has 0 aromatic carbocycles. The molecule has 0 aliphatic carbocycles. The smallest absolute Gasteiger partial charge is 0.103 e. The van der Waals surface area contributed by atoms with E-state index in [0.717, 1.165) is 32.1 Å². The van der Waals surface area contributed by atoms with Gasteiger partial charge in [-0.3, -0.25) is 4.90 Å². The van der Waals surface area contributed by atoms with Gasteiger partial charge in [0.1, 0.15) is 5.82 Å². The van der Waals surface area contributed by atoms with Gasteiger partial charge in [-0.05, 0) is 13.8 Å². The summed E-state index contributed by atoms with van der Waals surface area (Å²) in [5.74, 6) is 0.988. The summed E-state index contributed by atoms with van der Waals surface area (Å²) < 4.78 is 5.48. The van der Waals surface area contributed by atoms with Crippen LogP contribution in [-0.4, -0.2) is 40.7 Å². The molecular weight excluding hydrogens is 178 g/mol. The second-order valence-corrected chi connectivity index (χ2v) is 3.77. The Morgan fingerprint density at radius 1 is 1.64 bits per heavy atom. The maximum Gasteiger partial charge on any atom is 0.103 e. The number of aromatic amines is 1. The van der Waals surface area contributed by atoms with E-state index in [1.54, 1.807) is 0 Å². The molecule has 4 nitrogen and oxygen atoms in total. The molecule has 4 heteroatoms. The fourth-order valence-corrected chi connectivity index (χ4v) is 1.79. The van der Waals surface area contributed by atoms with E-state index in [1.807, 2.05) is 20.0 Å². The first-order chi connectivity index (χ1) is 6.78. The summed E-state index contributed by atoms with van der Waals surface area (Å²) in [6.07, 6.45) is 2.35. The minimum Gasteiger partial charge on any atom is -0.376 e. The molecule has 2 heterocycles. The summed E-state index contributed by atoms with van der Waals surface area (Å²) in [7, 11) is 0. The number of aromatic nitrogens is 2. The lowest BCUT2D eigenvalue weighted by Gasteiger charge is -2.38. The van der Waals surface area contributed by atoms with Crippen molar-refractivity contribution in [1.82, 2.24) is 14.9 Å². The van der Waals surface area contributed by atoms with Gasteiger partial charge in [0.05, 0.1) is 6.10 Å². The van der Waals surface area contributed by atoms with Crippen LogP contribution in [-0.2, 0) is 11.3 Å². The Hall–Kier alpha value is -0.870. The zero-order chi connectivity index (χ0) is 9.97. The first kappa shape index (κ1) is 9.68. The highest BCUT2D eigenvalue weighted by molar-refractivity contribution is 5.01. The summed E-state index contributed by atoms with van der Waals surface area (Å²) in [6.45, 7) is 7.90. The Morgan fingerprint density at radius 2 is 2.43 bits per heavy atom. The van der Waals surface area contributed by atoms with Crippen molar-refractivity contribution in [3.63, 3.8) is 0 Å². The Labute approximate surface area is 84.3 Å². The average Bonchev–Trinajstić information content (AvgIpc) is 2.48. The standard InChI is InChI=1S/C10H17N3O/c1-3-14-10-6-13(7-10)5-9-4-11-8(2)12-9/h4,10H,3,5-7H2,1-2H3,(H,11,12). The summed E-state index contributed by atoms with van der Waals surface area (Å²) in [6, 6.07) is 0. The van der Waals surface area contributed by atoms with Crippen LogP contribution in [0.25, 0.3) is 0 Å². The number of hydrogen-bond acceptors (Lipinski definition) is 3. The number of rotatable bonds is 4. The van der Waals surface area contributed by atoms with Crippen LogP contribution >= 0.6 is 0 Å². The lowest BCUT2D eigenvalue weighted by molar-refractivity contribution is -0.0535. The van der Waals surface area contributed by atoms with Gasteiger partial charge in [0.2, 0.25) is 0 Å². The van der Waals surface area contributed by atoms with E-state index in [2.05, 4.69) is 14.9 Å². The number of ether oxygens (including phenoxy) is 1. The molecule has 0 bridgehead atoms. The summed E-state index contributed by atoms with van der Waals surface area (Å²) in [5.41, 5.74) is 1.19. The van der Waals surface area contributed by atoms with E-state index in [9.17, 15) is 0 Å². The third-order valence-corrected chi connectivity index (χ3v) is 2.48. The minimum absolute atomic E-state index is 0.448. The van der Waals surface area contributed by atoms with Gasteiger partial charge in [0.15, 0.2) is 0 Å². The highest BCUT2D eigenvalue weighted by Crippen LogP contribution is 2.14. The topological polar surface area (TPSA) is 41.1 Å². The summed E-state index contributed by atoms with van der Waals surface area (Å²) in [5, 5.41) is 0. The Bertz CT molecular complexity index is 291. The number of nitrogens with zero attached hydrogens (tertiary/aromatic N) is 2. The Kier molecular flexibility index (Phi) is 2.84. The number of nitrogens with one attached hydrogen (secondary N) is 1. The van der Waals surface area contributed by atoms with Crippen LogP contribution in [0.1, 0.15) is 18.4 Å². The molecule has 0 saturated carbocycles. The summed E-state index contributed by atoms with van der Waals surface area (Å²) in [4.78, 5) is 9.75. The second kappa shape index (κ2) is 4.11. The van der Waals surface area contributed by atoms with Crippen molar-refractivity contribution in [3.05, 3.63) is 17.7 Å². The zero-order valence-corrected chi connectivity index (χ0v) is 8.79. The lowest BCUT2D eigenvalue weighted by Crippen LogP contribution is -2.51. The number of hydrogen-bond donors (Lipinski definition) is 1. The van der Waals surface area contributed by atoms with Crippen LogP contribution in [0.4, 0.5) is 0 Å². The van der Waals surface area contributed by atoms with E-state index in [1.165, 1.54) is 5.69 Å². The Morgan fingerprint density at radius 3 is 3.00 bits per heavy atom. The number of imidazole rings is 1. The van der Waals surface area contributed by atoms with E-state index < -0.39 is 0 Å². The molecule has 1 N–H and O–H groups in total. The van der Waals surface area contributed by atoms with Crippen molar-refractivity contribution in [2.45, 2.75) is 26.5 Å². The maximum atomic E-state index is 5.48. The third-order valence-electron chi connectivity index (χ3n) is 2.48. The number of H-pyrrole nitrogens is 1. The van der Waals surface area contributed by atoms with Crippen molar-refractivity contribution >= 4 is 0 Å². The third kappa shape index (κ3) is 2.13. The van der Waals surface area contributed by atoms with Crippen molar-refractivity contribution < 1.29 is 4.74 Å². The largest absolute Gasteiger partial charge is 0.376 e. The predicted octanol–water partition coefficient (Wildman–Crippen LogP) is 0.939. The lowest BCUT2D eigenvalue weighted by atomic mass is 10.1. The molecule has 1 fully saturated rings. The molecule has 2 rings (SSSR count). The first-order valence-electron chi connectivity index (χ1n) is 5.12. The van der Waals surface area contributed by atoms with Crippen molar-refractivity contribution in [2.24, 2.45) is 0 Å². The molecule has 1 aromatic heterocycles. The Balaban J connectivity index is 1.74. The van der Waals surface area contributed by atoms with Gasteiger partial charge in [-0.2, -0.15) is 0 Å². The normalized spacial score (nSPS) is 18.4. The molecule has 0 unspecified atom stereocenters. The molecule has 0 amide bonds. The average molecular weight is 195 g/mol. The number of aryl methyl sites for hydroxylation is 1. The van der Waals surface area contributed by atoms with Crippen molar-refractivity contribution in [1.29, 1.82) is 0 Å². The molecule has 78 valence electrons. The van der Waals surface area contributed by atoms with E-state index >= 15 is 0 Å². The molecule has 0 atom stereocenters. The van der Waals surface area contributed by atoms with Crippen LogP contribution in [0.2, 0.25) is 0 Å². The maximum absolute atomic E-state index is 5.48. The van der Waals surface area contributed by atoms with Gasteiger partial charge in [-0.1, -0.05) is 0 Å². The molecule has 1 aliphatic rings. The van der Waals surface area contributed by atoms with Gasteiger partial charge >= 0.3 is 0 Å². The quantitative estimate of drug-likeness (QED) is 0.777. The molecular formula is C10H17N3O. The first-order valence-corrected chi connectivity index (χ1v) is 5.12. The van der Waals surface area contributed by atoms with Crippen molar-refractivity contribution in [2.75, 3.05) is 19.7 Å². The minimum atomic E-state index is 0.448. The van der Waals surface area contributed by atoms with Gasteiger partial charge in [0, 0.05) is 38.1 Å². The number of likely N-dealkylation sites (tertiary alicyclic amines) is 1. The zero-order valence-electron chi connectivity index (χ0n) is 8.79. The SMILES string of the molecule is CCOC1CN(Cc2cnc(C)[nH]2)C1. The highest BCUT2D eigenvalue weighted by atomic mass is 16.5. The fourth-order valence-electron chi connectivity index (χ4n) is 1.79. The van der Waals surface area contributed by atoms with Crippen LogP contribution in [0, 0.1) is 6.92 Å². The second-order valence-electron chi connectivity index (χ2n) is 3.77. The van der Waals surface area contributed by atoms with E-state index in [4.69, 9.17) is 4.74 Å². The van der Waals surface area contributed by atoms with E-state index in [-0.39, 0.29) is 0 Å². The molecule has 1 aromatic rings. The predicted molar refractivity (Wildman–Crippen MR) is 54.0 cm³/mol. The summed E-state index contributed by atoms with van der Waals surface area (Å²) >= 11 is 0. The monoisotopic (exact) mass is 195 g/mol. The van der Waals surface area contributed by atoms with Crippen molar-refractivity contribution in [3.8, 4) is 0 Å². The van der Waals surface area contributed by atoms with Crippen LogP contribution in [0.15, 0.2) is 6.20 Å². The van der Waals surface area contributed by atoms with Gasteiger partial charge in [-0.15, -0.1) is 0 Å². The van der Waals surface area contributed by atoms with Crippen LogP contribution in [0.3, 0.4) is 0 Å². The molecule has 0 radical (unpaired) electrons. The molecule has 0 spiro atoms. The molecule has 14 heavy (non-hydrogen) atoms. The van der Waals surface area contributed by atoms with Gasteiger partial charge < -0.3 is 9.72 Å². The van der Waals surface area contributed by atoms with Crippen LogP contribution < -0.4 is 0 Å². The highest BCUT2D eigenvalue weighted by Gasteiger charge is 2.26. The van der Waals surface area contributed by atoms with Gasteiger partial charge in [-0.25, -0.2) is 4.98 Å². The van der Waals surface area contributed by atoms with Crippen LogP contribution in [0.5, 0.6) is 0 Å². The molecule has 1 aliphatic heterocycles. The molecule has 1 saturated heterocycles. The fraction of sp³-hybridized carbons (Fsp3) is 0.700. The van der Waals surface area contributed by atoms with Gasteiger partial charge in [0.25, 0.3) is 0 Å².